The highest BCUT2D eigenvalue weighted by molar-refractivity contribution is 5.68. The summed E-state index contributed by atoms with van der Waals surface area (Å²) in [5.74, 6) is 1.03. The van der Waals surface area contributed by atoms with Gasteiger partial charge in [-0.15, -0.1) is 0 Å². The molecule has 1 fully saturated rings. The molecule has 0 radical (unpaired) electrons. The summed E-state index contributed by atoms with van der Waals surface area (Å²) in [6, 6.07) is 13.3. The summed E-state index contributed by atoms with van der Waals surface area (Å²) in [5, 5.41) is 2.67. The smallest absolute Gasteiger partial charge is 0.122 e. The minimum absolute atomic E-state index is 0.799. The second kappa shape index (κ2) is 10.6. The third kappa shape index (κ3) is 5.73. The molecule has 0 N–H and O–H groups in total. The second-order valence-corrected chi connectivity index (χ2v) is 8.39. The first kappa shape index (κ1) is 21.6. The van der Waals surface area contributed by atoms with Gasteiger partial charge in [0.15, 0.2) is 0 Å². The van der Waals surface area contributed by atoms with Crippen molar-refractivity contribution >= 4 is 11.6 Å². The van der Waals surface area contributed by atoms with E-state index in [0.717, 1.165) is 31.7 Å². The van der Waals surface area contributed by atoms with E-state index in [2.05, 4.69) is 75.1 Å². The fourth-order valence-corrected chi connectivity index (χ4v) is 4.29. The van der Waals surface area contributed by atoms with E-state index in [0.29, 0.717) is 0 Å². The van der Waals surface area contributed by atoms with Crippen LogP contribution in [0.25, 0.3) is 11.6 Å². The van der Waals surface area contributed by atoms with Crippen LogP contribution in [-0.2, 0) is 0 Å². The van der Waals surface area contributed by atoms with Crippen LogP contribution in [-0.4, -0.2) is 31.1 Å². The van der Waals surface area contributed by atoms with Crippen molar-refractivity contribution < 1.29 is 4.74 Å². The molecule has 0 bridgehead atoms. The number of benzene rings is 2. The Bertz CT molecular complexity index is 922. The predicted octanol–water partition coefficient (Wildman–Crippen LogP) is 4.97. The topological polar surface area (TPSA) is 12.5 Å². The fourth-order valence-electron chi connectivity index (χ4n) is 4.29. The van der Waals surface area contributed by atoms with E-state index in [-0.39, 0.29) is 0 Å². The number of likely N-dealkylation sites (tertiary alicyclic amines) is 1. The number of nitrogens with zero attached hydrogens (tertiary/aromatic N) is 1. The number of hydrogen-bond acceptors (Lipinski definition) is 2. The predicted molar refractivity (Wildman–Crippen MR) is 125 cm³/mol. The summed E-state index contributed by atoms with van der Waals surface area (Å²) in [6.45, 7) is 13.3. The first-order valence-electron chi connectivity index (χ1n) is 11.3. The first-order chi connectivity index (χ1) is 14.1. The Morgan fingerprint density at radius 2 is 1.83 bits per heavy atom. The molecule has 0 aliphatic carbocycles. The van der Waals surface area contributed by atoms with Crippen molar-refractivity contribution in [1.82, 2.24) is 4.90 Å². The van der Waals surface area contributed by atoms with E-state index >= 15 is 0 Å². The van der Waals surface area contributed by atoms with Gasteiger partial charge >= 0.3 is 0 Å². The fraction of sp³-hybridized carbons (Fsp3) is 0.481. The Labute approximate surface area is 176 Å². The normalized spacial score (nSPS) is 16.3. The quantitative estimate of drug-likeness (QED) is 0.589. The van der Waals surface area contributed by atoms with Crippen molar-refractivity contribution in [3.05, 3.63) is 63.5 Å². The average Bonchev–Trinajstić information content (AvgIpc) is 3.25. The molecule has 0 aromatic heterocycles. The molecule has 0 amide bonds. The van der Waals surface area contributed by atoms with Crippen LogP contribution in [0.5, 0.6) is 5.75 Å². The Kier molecular flexibility index (Phi) is 7.94. The highest BCUT2D eigenvalue weighted by Crippen LogP contribution is 2.26. The molecule has 1 aliphatic heterocycles. The van der Waals surface area contributed by atoms with Crippen LogP contribution in [0.4, 0.5) is 0 Å². The molecule has 0 unspecified atom stereocenters. The standard InChI is InChI=1S/C27H37NO/c1-5-6-12-24-13-7-8-14-25(24)23(4)26-19-22(3)27(20-21(26)2)29-18-11-17-28-15-9-10-16-28/h7-8,12-14,19-20H,5-6,9-11,15-18H2,1-4H3/b24-12+,25-23-. The van der Waals surface area contributed by atoms with Crippen molar-refractivity contribution in [2.24, 2.45) is 0 Å². The summed E-state index contributed by atoms with van der Waals surface area (Å²) in [7, 11) is 0. The molecule has 2 nitrogen and oxygen atoms in total. The zero-order valence-corrected chi connectivity index (χ0v) is 18.8. The first-order valence-corrected chi connectivity index (χ1v) is 11.3. The maximum atomic E-state index is 6.15. The molecule has 2 heteroatoms. The molecular formula is C27H37NO. The number of unbranched alkanes of at least 4 members (excludes halogenated alkanes) is 1. The van der Waals surface area contributed by atoms with Gasteiger partial charge in [-0.25, -0.2) is 0 Å². The van der Waals surface area contributed by atoms with Crippen molar-refractivity contribution in [2.75, 3.05) is 26.2 Å². The van der Waals surface area contributed by atoms with Gasteiger partial charge in [0, 0.05) is 6.54 Å². The highest BCUT2D eigenvalue weighted by Gasteiger charge is 2.11. The Morgan fingerprint density at radius 3 is 2.59 bits per heavy atom. The van der Waals surface area contributed by atoms with Gasteiger partial charge in [0.05, 0.1) is 6.61 Å². The molecule has 1 aliphatic rings. The molecule has 156 valence electrons. The Balaban J connectivity index is 1.78. The number of hydrogen-bond donors (Lipinski definition) is 0. The van der Waals surface area contributed by atoms with Gasteiger partial charge in [-0.3, -0.25) is 0 Å². The Hall–Kier alpha value is -2.06. The van der Waals surface area contributed by atoms with E-state index < -0.39 is 0 Å². The lowest BCUT2D eigenvalue weighted by Gasteiger charge is -2.16. The van der Waals surface area contributed by atoms with Gasteiger partial charge in [0.1, 0.15) is 5.75 Å². The molecule has 3 rings (SSSR count). The lowest BCUT2D eigenvalue weighted by atomic mass is 9.96. The lowest BCUT2D eigenvalue weighted by Crippen LogP contribution is -2.26. The van der Waals surface area contributed by atoms with Gasteiger partial charge < -0.3 is 9.64 Å². The molecule has 2 aromatic carbocycles. The van der Waals surface area contributed by atoms with Gasteiger partial charge in [0.2, 0.25) is 0 Å². The zero-order chi connectivity index (χ0) is 20.6. The van der Waals surface area contributed by atoms with Crippen LogP contribution in [0.2, 0.25) is 0 Å². The molecule has 29 heavy (non-hydrogen) atoms. The molecule has 1 saturated heterocycles. The van der Waals surface area contributed by atoms with E-state index in [1.807, 2.05) is 0 Å². The lowest BCUT2D eigenvalue weighted by molar-refractivity contribution is 0.262. The maximum absolute atomic E-state index is 6.15. The minimum atomic E-state index is 0.799. The molecule has 1 heterocycles. The SMILES string of the molecule is CCC/C=c1\cccc\c1=C(/C)c1cc(C)c(OCCCN2CCCC2)cc1C. The minimum Gasteiger partial charge on any atom is -0.493 e. The zero-order valence-electron chi connectivity index (χ0n) is 18.8. The summed E-state index contributed by atoms with van der Waals surface area (Å²) in [5.41, 5.74) is 5.17. The number of rotatable bonds is 8. The van der Waals surface area contributed by atoms with E-state index in [1.54, 1.807) is 0 Å². The summed E-state index contributed by atoms with van der Waals surface area (Å²) >= 11 is 0. The Morgan fingerprint density at radius 1 is 1.07 bits per heavy atom. The van der Waals surface area contributed by atoms with E-state index in [4.69, 9.17) is 4.74 Å². The van der Waals surface area contributed by atoms with Gasteiger partial charge in [0.25, 0.3) is 0 Å². The molecule has 0 atom stereocenters. The summed E-state index contributed by atoms with van der Waals surface area (Å²) in [4.78, 5) is 2.55. The van der Waals surface area contributed by atoms with Crippen LogP contribution in [0, 0.1) is 13.8 Å². The third-order valence-corrected chi connectivity index (χ3v) is 6.02. The largest absolute Gasteiger partial charge is 0.493 e. The van der Waals surface area contributed by atoms with Crippen LogP contribution >= 0.6 is 0 Å². The maximum Gasteiger partial charge on any atom is 0.122 e. The van der Waals surface area contributed by atoms with Gasteiger partial charge in [-0.2, -0.15) is 0 Å². The van der Waals surface area contributed by atoms with Crippen LogP contribution in [0.3, 0.4) is 0 Å². The third-order valence-electron chi connectivity index (χ3n) is 6.02. The van der Waals surface area contributed by atoms with Crippen molar-refractivity contribution in [3.8, 4) is 5.75 Å². The van der Waals surface area contributed by atoms with Gasteiger partial charge in [-0.1, -0.05) is 43.7 Å². The number of aryl methyl sites for hydroxylation is 2. The van der Waals surface area contributed by atoms with E-state index in [1.165, 1.54) is 65.1 Å². The van der Waals surface area contributed by atoms with E-state index in [9.17, 15) is 0 Å². The summed E-state index contributed by atoms with van der Waals surface area (Å²) < 4.78 is 6.15. The molecule has 2 aromatic rings. The summed E-state index contributed by atoms with van der Waals surface area (Å²) in [6.07, 6.45) is 8.47. The highest BCUT2D eigenvalue weighted by atomic mass is 16.5. The van der Waals surface area contributed by atoms with Crippen molar-refractivity contribution in [1.29, 1.82) is 0 Å². The second-order valence-electron chi connectivity index (χ2n) is 8.39. The molecular weight excluding hydrogens is 354 g/mol. The molecule has 0 spiro atoms. The molecule has 0 saturated carbocycles. The van der Waals surface area contributed by atoms with Crippen molar-refractivity contribution in [2.45, 2.75) is 59.8 Å². The van der Waals surface area contributed by atoms with Crippen LogP contribution < -0.4 is 15.2 Å². The monoisotopic (exact) mass is 391 g/mol. The van der Waals surface area contributed by atoms with Crippen LogP contribution in [0.15, 0.2) is 36.4 Å². The van der Waals surface area contributed by atoms with Crippen molar-refractivity contribution in [3.63, 3.8) is 0 Å². The average molecular weight is 392 g/mol. The van der Waals surface area contributed by atoms with Crippen LogP contribution in [0.1, 0.15) is 62.6 Å². The van der Waals surface area contributed by atoms with Gasteiger partial charge in [-0.05, 0) is 104 Å². The number of ether oxygens (including phenoxy) is 1.